The van der Waals surface area contributed by atoms with Crippen LogP contribution in [0.1, 0.15) is 11.1 Å². The first-order valence-electron chi connectivity index (χ1n) is 6.51. The van der Waals surface area contributed by atoms with Crippen LogP contribution in [0.25, 0.3) is 0 Å². The minimum absolute atomic E-state index is 0.131. The Morgan fingerprint density at radius 3 is 2.19 bits per heavy atom. The first kappa shape index (κ1) is 14.2. The molecule has 2 aromatic rings. The molecular weight excluding hydrogens is 296 g/mol. The van der Waals surface area contributed by atoms with E-state index in [1.165, 1.54) is 0 Å². The largest absolute Gasteiger partial charge is 0.249 e. The highest BCUT2D eigenvalue weighted by Gasteiger charge is 2.32. The van der Waals surface area contributed by atoms with E-state index in [0.717, 1.165) is 33.6 Å². The number of sulfonamides is 1. The molecule has 0 bridgehead atoms. The lowest BCUT2D eigenvalue weighted by atomic mass is 10.0. The zero-order chi connectivity index (χ0) is 15.0. The van der Waals surface area contributed by atoms with E-state index in [0.29, 0.717) is 6.42 Å². The molecule has 0 radical (unpaired) electrons. The molecule has 0 aromatic heterocycles. The third-order valence-corrected chi connectivity index (χ3v) is 5.51. The minimum atomic E-state index is -4.18. The van der Waals surface area contributed by atoms with Crippen molar-refractivity contribution >= 4 is 10.0 Å². The van der Waals surface area contributed by atoms with E-state index >= 15 is 0 Å². The van der Waals surface area contributed by atoms with Gasteiger partial charge in [-0.05, 0) is 29.7 Å². The van der Waals surface area contributed by atoms with Gasteiger partial charge in [0.05, 0.1) is 0 Å². The molecule has 0 N–H and O–H groups in total. The summed E-state index contributed by atoms with van der Waals surface area (Å²) < 4.78 is 53.6. The number of hydrogen-bond donors (Lipinski definition) is 0. The third-order valence-electron chi connectivity index (χ3n) is 3.61. The molecule has 0 atom stereocenters. The highest BCUT2D eigenvalue weighted by Crippen LogP contribution is 2.27. The van der Waals surface area contributed by atoms with Gasteiger partial charge in [-0.1, -0.05) is 30.3 Å². The number of halogens is 2. The Bertz CT molecular complexity index is 770. The molecular formula is C15H13F2NO2S. The summed E-state index contributed by atoms with van der Waals surface area (Å²) in [7, 11) is -4.18. The smallest absolute Gasteiger partial charge is 0.207 e. The number of rotatable bonds is 2. The molecule has 0 fully saturated rings. The van der Waals surface area contributed by atoms with Crippen molar-refractivity contribution in [2.24, 2.45) is 0 Å². The lowest BCUT2D eigenvalue weighted by molar-refractivity contribution is 0.384. The lowest BCUT2D eigenvalue weighted by Gasteiger charge is -2.28. The standard InChI is InChI=1S/C15H13F2NO2S/c16-13-6-3-7-14(17)15(13)21(19,20)18-9-8-11-4-1-2-5-12(11)10-18/h1-7H,8-10H2. The molecule has 0 spiro atoms. The van der Waals surface area contributed by atoms with Crippen molar-refractivity contribution in [1.29, 1.82) is 0 Å². The molecule has 0 saturated heterocycles. The second kappa shape index (κ2) is 5.20. The molecule has 0 saturated carbocycles. The highest BCUT2D eigenvalue weighted by molar-refractivity contribution is 7.89. The Morgan fingerprint density at radius 1 is 0.905 bits per heavy atom. The number of fused-ring (bicyclic) bond motifs is 1. The normalized spacial score (nSPS) is 15.7. The van der Waals surface area contributed by atoms with E-state index in [1.54, 1.807) is 0 Å². The summed E-state index contributed by atoms with van der Waals surface area (Å²) in [4.78, 5) is -0.871. The molecule has 110 valence electrons. The topological polar surface area (TPSA) is 37.4 Å². The first-order valence-corrected chi connectivity index (χ1v) is 7.95. The Hall–Kier alpha value is -1.79. The van der Waals surface area contributed by atoms with Gasteiger partial charge in [0.25, 0.3) is 0 Å². The lowest BCUT2D eigenvalue weighted by Crippen LogP contribution is -2.36. The van der Waals surface area contributed by atoms with Crippen LogP contribution in [-0.4, -0.2) is 19.3 Å². The van der Waals surface area contributed by atoms with Crippen LogP contribution < -0.4 is 0 Å². The fourth-order valence-electron chi connectivity index (χ4n) is 2.53. The fraction of sp³-hybridized carbons (Fsp3) is 0.200. The van der Waals surface area contributed by atoms with Gasteiger partial charge in [0.1, 0.15) is 11.6 Å². The predicted octanol–water partition coefficient (Wildman–Crippen LogP) is 2.71. The van der Waals surface area contributed by atoms with Crippen molar-refractivity contribution in [1.82, 2.24) is 4.31 Å². The number of nitrogens with zero attached hydrogens (tertiary/aromatic N) is 1. The molecule has 0 unspecified atom stereocenters. The maximum absolute atomic E-state index is 13.8. The molecule has 1 aliphatic heterocycles. The molecule has 21 heavy (non-hydrogen) atoms. The predicted molar refractivity (Wildman–Crippen MR) is 74.1 cm³/mol. The Labute approximate surface area is 121 Å². The second-order valence-electron chi connectivity index (χ2n) is 4.91. The van der Waals surface area contributed by atoms with Gasteiger partial charge in [-0.15, -0.1) is 0 Å². The number of hydrogen-bond acceptors (Lipinski definition) is 2. The van der Waals surface area contributed by atoms with Crippen molar-refractivity contribution in [3.8, 4) is 0 Å². The Morgan fingerprint density at radius 2 is 1.52 bits per heavy atom. The Kier molecular flexibility index (Phi) is 3.51. The van der Waals surface area contributed by atoms with Gasteiger partial charge >= 0.3 is 0 Å². The van der Waals surface area contributed by atoms with Gasteiger partial charge in [-0.3, -0.25) is 0 Å². The SMILES string of the molecule is O=S(=O)(c1c(F)cccc1F)N1CCc2ccccc2C1. The maximum atomic E-state index is 13.8. The third kappa shape index (κ3) is 2.45. The van der Waals surface area contributed by atoms with Crippen molar-refractivity contribution < 1.29 is 17.2 Å². The summed E-state index contributed by atoms with van der Waals surface area (Å²) in [5.41, 5.74) is 1.93. The molecule has 1 heterocycles. The summed E-state index contributed by atoms with van der Waals surface area (Å²) in [6, 6.07) is 10.5. The monoisotopic (exact) mass is 309 g/mol. The summed E-state index contributed by atoms with van der Waals surface area (Å²) in [5, 5.41) is 0. The number of benzene rings is 2. The molecule has 0 aliphatic carbocycles. The van der Waals surface area contributed by atoms with Crippen LogP contribution in [-0.2, 0) is 23.0 Å². The van der Waals surface area contributed by atoms with Crippen LogP contribution in [0, 0.1) is 11.6 Å². The van der Waals surface area contributed by atoms with Gasteiger partial charge < -0.3 is 0 Å². The summed E-state index contributed by atoms with van der Waals surface area (Å²) in [6.07, 6.45) is 0.533. The van der Waals surface area contributed by atoms with Gasteiger partial charge in [0.15, 0.2) is 4.90 Å². The Balaban J connectivity index is 2.01. The molecule has 3 rings (SSSR count). The van der Waals surface area contributed by atoms with Crippen molar-refractivity contribution in [3.05, 3.63) is 65.2 Å². The van der Waals surface area contributed by atoms with Gasteiger partial charge in [0.2, 0.25) is 10.0 Å². The van der Waals surface area contributed by atoms with Gasteiger partial charge in [0, 0.05) is 13.1 Å². The van der Waals surface area contributed by atoms with Crippen LogP contribution in [0.2, 0.25) is 0 Å². The molecule has 0 amide bonds. The van der Waals surface area contributed by atoms with Crippen LogP contribution in [0.5, 0.6) is 0 Å². The van der Waals surface area contributed by atoms with E-state index in [4.69, 9.17) is 0 Å². The average molecular weight is 309 g/mol. The van der Waals surface area contributed by atoms with Crippen LogP contribution >= 0.6 is 0 Å². The van der Waals surface area contributed by atoms with Crippen LogP contribution in [0.4, 0.5) is 8.78 Å². The van der Waals surface area contributed by atoms with E-state index in [1.807, 2.05) is 24.3 Å². The summed E-state index contributed by atoms with van der Waals surface area (Å²) in [5.74, 6) is -2.12. The van der Waals surface area contributed by atoms with E-state index < -0.39 is 26.6 Å². The van der Waals surface area contributed by atoms with Crippen LogP contribution in [0.15, 0.2) is 47.4 Å². The van der Waals surface area contributed by atoms with Crippen molar-refractivity contribution in [3.63, 3.8) is 0 Å². The molecule has 3 nitrogen and oxygen atoms in total. The molecule has 6 heteroatoms. The molecule has 1 aliphatic rings. The highest BCUT2D eigenvalue weighted by atomic mass is 32.2. The fourth-order valence-corrected chi connectivity index (χ4v) is 4.06. The summed E-state index contributed by atoms with van der Waals surface area (Å²) >= 11 is 0. The second-order valence-corrected chi connectivity index (χ2v) is 6.78. The van der Waals surface area contributed by atoms with Crippen LogP contribution in [0.3, 0.4) is 0 Å². The summed E-state index contributed by atoms with van der Waals surface area (Å²) in [6.45, 7) is 0.347. The maximum Gasteiger partial charge on any atom is 0.249 e. The van der Waals surface area contributed by atoms with E-state index in [2.05, 4.69) is 0 Å². The van der Waals surface area contributed by atoms with E-state index in [-0.39, 0.29) is 13.1 Å². The van der Waals surface area contributed by atoms with Gasteiger partial charge in [-0.2, -0.15) is 4.31 Å². The minimum Gasteiger partial charge on any atom is -0.207 e. The quantitative estimate of drug-likeness (QED) is 0.855. The van der Waals surface area contributed by atoms with Crippen molar-refractivity contribution in [2.75, 3.05) is 6.54 Å². The average Bonchev–Trinajstić information content (AvgIpc) is 2.46. The first-order chi connectivity index (χ1) is 10.00. The van der Waals surface area contributed by atoms with Gasteiger partial charge in [-0.25, -0.2) is 17.2 Å². The zero-order valence-corrected chi connectivity index (χ0v) is 11.9. The molecule has 2 aromatic carbocycles. The zero-order valence-electron chi connectivity index (χ0n) is 11.1. The van der Waals surface area contributed by atoms with E-state index in [9.17, 15) is 17.2 Å². The van der Waals surface area contributed by atoms with Crippen molar-refractivity contribution in [2.45, 2.75) is 17.9 Å².